The van der Waals surface area contributed by atoms with Crippen LogP contribution < -0.4 is 10.6 Å². The molecule has 2 aromatic rings. The Morgan fingerprint density at radius 1 is 1.17 bits per heavy atom. The summed E-state index contributed by atoms with van der Waals surface area (Å²) >= 11 is 0. The molecular formula is C16H19F2IN4. The summed E-state index contributed by atoms with van der Waals surface area (Å²) in [6.45, 7) is 1.04. The molecular weight excluding hydrogens is 413 g/mol. The van der Waals surface area contributed by atoms with E-state index in [2.05, 4.69) is 20.6 Å². The minimum atomic E-state index is -0.568. The maximum atomic E-state index is 13.5. The number of hydrogen-bond acceptors (Lipinski definition) is 2. The first kappa shape index (κ1) is 19.3. The van der Waals surface area contributed by atoms with Gasteiger partial charge in [-0.15, -0.1) is 24.0 Å². The Balaban J connectivity index is 0.00000264. The lowest BCUT2D eigenvalue weighted by Crippen LogP contribution is -2.38. The van der Waals surface area contributed by atoms with Crippen LogP contribution in [0.5, 0.6) is 0 Å². The minimum Gasteiger partial charge on any atom is -0.356 e. The Morgan fingerprint density at radius 3 is 2.65 bits per heavy atom. The highest BCUT2D eigenvalue weighted by Crippen LogP contribution is 2.09. The molecule has 0 bridgehead atoms. The third-order valence-corrected chi connectivity index (χ3v) is 3.09. The van der Waals surface area contributed by atoms with E-state index in [4.69, 9.17) is 0 Å². The van der Waals surface area contributed by atoms with E-state index in [0.29, 0.717) is 31.0 Å². The molecule has 7 heteroatoms. The monoisotopic (exact) mass is 432 g/mol. The third kappa shape index (κ3) is 6.47. The normalized spacial score (nSPS) is 10.8. The zero-order chi connectivity index (χ0) is 15.8. The fourth-order valence-corrected chi connectivity index (χ4v) is 1.94. The minimum absolute atomic E-state index is 0. The van der Waals surface area contributed by atoms with E-state index < -0.39 is 11.6 Å². The summed E-state index contributed by atoms with van der Waals surface area (Å²) in [4.78, 5) is 8.29. The van der Waals surface area contributed by atoms with Crippen molar-refractivity contribution in [2.75, 3.05) is 13.6 Å². The summed E-state index contributed by atoms with van der Waals surface area (Å²) in [5.41, 5.74) is 1.36. The number of halogens is 3. The molecule has 4 nitrogen and oxygen atoms in total. The number of nitrogens with zero attached hydrogens (tertiary/aromatic N) is 2. The van der Waals surface area contributed by atoms with Crippen molar-refractivity contribution in [3.8, 4) is 0 Å². The second kappa shape index (κ2) is 10.1. The van der Waals surface area contributed by atoms with Crippen LogP contribution in [0.25, 0.3) is 0 Å². The standard InChI is InChI=1S/C16H18F2N4.HI/c1-19-16(22-11-14-4-2-3-8-20-14)21-9-7-12-5-6-13(17)10-15(12)18;/h2-6,8,10H,7,9,11H2,1H3,(H2,19,21,22);1H. The van der Waals surface area contributed by atoms with Crippen LogP contribution in [0.2, 0.25) is 0 Å². The van der Waals surface area contributed by atoms with Crippen molar-refractivity contribution in [2.24, 2.45) is 4.99 Å². The highest BCUT2D eigenvalue weighted by molar-refractivity contribution is 14.0. The van der Waals surface area contributed by atoms with Crippen LogP contribution in [0.3, 0.4) is 0 Å². The molecule has 0 aliphatic carbocycles. The topological polar surface area (TPSA) is 49.3 Å². The van der Waals surface area contributed by atoms with Crippen molar-refractivity contribution in [2.45, 2.75) is 13.0 Å². The molecule has 2 N–H and O–H groups in total. The number of rotatable bonds is 5. The van der Waals surface area contributed by atoms with Crippen LogP contribution >= 0.6 is 24.0 Å². The van der Waals surface area contributed by atoms with Gasteiger partial charge in [0.05, 0.1) is 12.2 Å². The molecule has 0 amide bonds. The van der Waals surface area contributed by atoms with Gasteiger partial charge in [-0.25, -0.2) is 8.78 Å². The Bertz CT molecular complexity index is 635. The Morgan fingerprint density at radius 2 is 2.00 bits per heavy atom. The summed E-state index contributed by atoms with van der Waals surface area (Å²) in [6.07, 6.45) is 2.17. The molecule has 2 rings (SSSR count). The van der Waals surface area contributed by atoms with Crippen molar-refractivity contribution in [1.29, 1.82) is 0 Å². The van der Waals surface area contributed by atoms with Crippen molar-refractivity contribution in [1.82, 2.24) is 15.6 Å². The van der Waals surface area contributed by atoms with E-state index >= 15 is 0 Å². The van der Waals surface area contributed by atoms with Gasteiger partial charge in [0.1, 0.15) is 11.6 Å². The van der Waals surface area contributed by atoms with E-state index in [1.165, 1.54) is 12.1 Å². The van der Waals surface area contributed by atoms with Crippen molar-refractivity contribution in [3.63, 3.8) is 0 Å². The van der Waals surface area contributed by atoms with Crippen molar-refractivity contribution >= 4 is 29.9 Å². The van der Waals surface area contributed by atoms with E-state index in [1.54, 1.807) is 13.2 Å². The van der Waals surface area contributed by atoms with Crippen LogP contribution in [0, 0.1) is 11.6 Å². The molecule has 0 aliphatic rings. The van der Waals surface area contributed by atoms with Gasteiger partial charge < -0.3 is 10.6 Å². The van der Waals surface area contributed by atoms with Crippen LogP contribution in [-0.4, -0.2) is 24.5 Å². The molecule has 124 valence electrons. The van der Waals surface area contributed by atoms with Crippen LogP contribution in [0.1, 0.15) is 11.3 Å². The number of pyridine rings is 1. The number of aromatic nitrogens is 1. The zero-order valence-electron chi connectivity index (χ0n) is 12.7. The predicted molar refractivity (Wildman–Crippen MR) is 97.9 cm³/mol. The molecule has 1 heterocycles. The quantitative estimate of drug-likeness (QED) is 0.434. The van der Waals surface area contributed by atoms with E-state index in [0.717, 1.165) is 11.8 Å². The summed E-state index contributed by atoms with van der Waals surface area (Å²) in [6, 6.07) is 9.28. The summed E-state index contributed by atoms with van der Waals surface area (Å²) < 4.78 is 26.3. The SMILES string of the molecule is CN=C(NCCc1ccc(F)cc1F)NCc1ccccn1.I. The molecule has 0 unspecified atom stereocenters. The summed E-state index contributed by atoms with van der Waals surface area (Å²) in [5.74, 6) is -0.492. The molecule has 0 atom stereocenters. The van der Waals surface area contributed by atoms with Gasteiger partial charge in [-0.2, -0.15) is 0 Å². The van der Waals surface area contributed by atoms with Crippen LogP contribution in [-0.2, 0) is 13.0 Å². The largest absolute Gasteiger partial charge is 0.356 e. The van der Waals surface area contributed by atoms with Gasteiger partial charge in [-0.05, 0) is 30.2 Å². The lowest BCUT2D eigenvalue weighted by atomic mass is 10.1. The molecule has 0 aliphatic heterocycles. The summed E-state index contributed by atoms with van der Waals surface area (Å²) in [5, 5.41) is 6.20. The Labute approximate surface area is 151 Å². The molecule has 1 aromatic carbocycles. The van der Waals surface area contributed by atoms with Gasteiger partial charge in [0.25, 0.3) is 0 Å². The average molecular weight is 432 g/mol. The van der Waals surface area contributed by atoms with Gasteiger partial charge in [-0.3, -0.25) is 9.98 Å². The molecule has 0 saturated heterocycles. The summed E-state index contributed by atoms with van der Waals surface area (Å²) in [7, 11) is 1.66. The fraction of sp³-hybridized carbons (Fsp3) is 0.250. The molecule has 1 aromatic heterocycles. The van der Waals surface area contributed by atoms with E-state index in [1.807, 2.05) is 18.2 Å². The smallest absolute Gasteiger partial charge is 0.191 e. The Kier molecular flexibility index (Phi) is 8.46. The Hall–Kier alpha value is -1.77. The third-order valence-electron chi connectivity index (χ3n) is 3.09. The lowest BCUT2D eigenvalue weighted by molar-refractivity contribution is 0.570. The second-order valence-electron chi connectivity index (χ2n) is 4.66. The average Bonchev–Trinajstić information content (AvgIpc) is 2.53. The van der Waals surface area contributed by atoms with Gasteiger partial charge in [0.2, 0.25) is 0 Å². The fourth-order valence-electron chi connectivity index (χ4n) is 1.94. The number of aliphatic imine (C=N–C) groups is 1. The van der Waals surface area contributed by atoms with Crippen molar-refractivity contribution in [3.05, 3.63) is 65.5 Å². The van der Waals surface area contributed by atoms with Gasteiger partial charge in [0.15, 0.2) is 5.96 Å². The number of hydrogen-bond donors (Lipinski definition) is 2. The zero-order valence-corrected chi connectivity index (χ0v) is 15.1. The maximum absolute atomic E-state index is 13.5. The van der Waals surface area contributed by atoms with E-state index in [9.17, 15) is 8.78 Å². The van der Waals surface area contributed by atoms with Crippen LogP contribution in [0.4, 0.5) is 8.78 Å². The first-order valence-corrected chi connectivity index (χ1v) is 6.97. The van der Waals surface area contributed by atoms with E-state index in [-0.39, 0.29) is 24.0 Å². The molecule has 0 radical (unpaired) electrons. The lowest BCUT2D eigenvalue weighted by Gasteiger charge is -2.11. The second-order valence-corrected chi connectivity index (χ2v) is 4.66. The first-order valence-electron chi connectivity index (χ1n) is 6.97. The molecule has 0 saturated carbocycles. The predicted octanol–water partition coefficient (Wildman–Crippen LogP) is 2.89. The molecule has 0 fully saturated rings. The highest BCUT2D eigenvalue weighted by atomic mass is 127. The van der Waals surface area contributed by atoms with Gasteiger partial charge in [-0.1, -0.05) is 12.1 Å². The number of benzene rings is 1. The van der Waals surface area contributed by atoms with Crippen LogP contribution in [0.15, 0.2) is 47.6 Å². The van der Waals surface area contributed by atoms with Gasteiger partial charge >= 0.3 is 0 Å². The molecule has 0 spiro atoms. The first-order chi connectivity index (χ1) is 10.7. The number of guanidine groups is 1. The van der Waals surface area contributed by atoms with Gasteiger partial charge in [0, 0.05) is 25.9 Å². The maximum Gasteiger partial charge on any atom is 0.191 e. The number of nitrogens with one attached hydrogen (secondary N) is 2. The molecule has 23 heavy (non-hydrogen) atoms. The highest BCUT2D eigenvalue weighted by Gasteiger charge is 2.04. The van der Waals surface area contributed by atoms with Crippen molar-refractivity contribution < 1.29 is 8.78 Å².